The second-order valence-corrected chi connectivity index (χ2v) is 6.74. The zero-order valence-electron chi connectivity index (χ0n) is 10.7. The summed E-state index contributed by atoms with van der Waals surface area (Å²) in [6.07, 6.45) is 1.34. The summed E-state index contributed by atoms with van der Waals surface area (Å²) < 4.78 is 25.6. The molecule has 2 rings (SSSR count). The first-order valence-electron chi connectivity index (χ1n) is 5.90. The third kappa shape index (κ3) is 3.66. The van der Waals surface area contributed by atoms with Gasteiger partial charge in [-0.15, -0.1) is 17.9 Å². The Morgan fingerprint density at radius 3 is 2.65 bits per heavy atom. The molecule has 0 atom stereocenters. The highest BCUT2D eigenvalue weighted by Crippen LogP contribution is 2.25. The van der Waals surface area contributed by atoms with Crippen LogP contribution in [0.15, 0.2) is 42.3 Å². The lowest BCUT2D eigenvalue weighted by Crippen LogP contribution is -2.14. The van der Waals surface area contributed by atoms with Crippen molar-refractivity contribution in [1.29, 1.82) is 0 Å². The zero-order chi connectivity index (χ0) is 14.6. The quantitative estimate of drug-likeness (QED) is 0.801. The van der Waals surface area contributed by atoms with Crippen molar-refractivity contribution in [2.75, 3.05) is 10.5 Å². The lowest BCUT2D eigenvalue weighted by molar-refractivity contribution is 0.604. The van der Waals surface area contributed by atoms with Crippen molar-refractivity contribution < 1.29 is 8.42 Å². The topological polar surface area (TPSA) is 85.1 Å². The molecule has 20 heavy (non-hydrogen) atoms. The van der Waals surface area contributed by atoms with Crippen molar-refractivity contribution in [2.24, 2.45) is 5.73 Å². The Labute approximate surface area is 122 Å². The summed E-state index contributed by atoms with van der Waals surface area (Å²) in [5.41, 5.74) is 8.24. The van der Waals surface area contributed by atoms with Gasteiger partial charge in [0, 0.05) is 17.5 Å². The van der Waals surface area contributed by atoms with Gasteiger partial charge in [-0.1, -0.05) is 30.3 Å². The van der Waals surface area contributed by atoms with Crippen LogP contribution in [0.4, 0.5) is 5.13 Å². The molecular weight excluding hydrogens is 294 g/mol. The van der Waals surface area contributed by atoms with Gasteiger partial charge >= 0.3 is 0 Å². The Morgan fingerprint density at radius 2 is 2.05 bits per heavy atom. The third-order valence-corrected chi connectivity index (χ3v) is 4.64. The molecule has 0 amide bonds. The Morgan fingerprint density at radius 1 is 1.35 bits per heavy atom. The van der Waals surface area contributed by atoms with Gasteiger partial charge in [0.1, 0.15) is 0 Å². The molecule has 0 bridgehead atoms. The van der Waals surface area contributed by atoms with Gasteiger partial charge in [-0.3, -0.25) is 4.72 Å². The number of nitrogens with two attached hydrogens (primary N) is 1. The van der Waals surface area contributed by atoms with Gasteiger partial charge in [0.05, 0.1) is 11.4 Å². The van der Waals surface area contributed by atoms with Crippen molar-refractivity contribution in [3.63, 3.8) is 0 Å². The van der Waals surface area contributed by atoms with E-state index in [-0.39, 0.29) is 5.75 Å². The van der Waals surface area contributed by atoms with Gasteiger partial charge in [-0.25, -0.2) is 13.4 Å². The van der Waals surface area contributed by atoms with E-state index in [4.69, 9.17) is 5.73 Å². The molecule has 1 aromatic carbocycles. The van der Waals surface area contributed by atoms with Crippen LogP contribution in [0, 0.1) is 0 Å². The molecule has 0 saturated heterocycles. The fraction of sp³-hybridized carbons (Fsp3) is 0.154. The maximum absolute atomic E-state index is 11.6. The van der Waals surface area contributed by atoms with E-state index in [1.807, 2.05) is 29.6 Å². The number of nitrogens with zero attached hydrogens (tertiary/aromatic N) is 1. The molecule has 0 aliphatic heterocycles. The van der Waals surface area contributed by atoms with Crippen LogP contribution < -0.4 is 10.5 Å². The van der Waals surface area contributed by atoms with E-state index in [1.165, 1.54) is 17.4 Å². The van der Waals surface area contributed by atoms with Gasteiger partial charge in [-0.2, -0.15) is 0 Å². The Bertz CT molecular complexity index is 691. The predicted octanol–water partition coefficient (Wildman–Crippen LogP) is 2.20. The first kappa shape index (κ1) is 14.7. The van der Waals surface area contributed by atoms with Gasteiger partial charge in [0.2, 0.25) is 10.0 Å². The maximum Gasteiger partial charge on any atom is 0.238 e. The highest BCUT2D eigenvalue weighted by Gasteiger charge is 2.11. The number of benzene rings is 1. The fourth-order valence-electron chi connectivity index (χ4n) is 1.59. The van der Waals surface area contributed by atoms with E-state index in [2.05, 4.69) is 16.3 Å². The number of sulfonamides is 1. The van der Waals surface area contributed by atoms with Crippen LogP contribution in [0.5, 0.6) is 0 Å². The summed E-state index contributed by atoms with van der Waals surface area (Å²) in [4.78, 5) is 4.27. The number of anilines is 1. The van der Waals surface area contributed by atoms with E-state index in [0.717, 1.165) is 16.8 Å². The Balaban J connectivity index is 2.18. The summed E-state index contributed by atoms with van der Waals surface area (Å²) in [5.74, 6) is -0.132. The molecule has 106 valence electrons. The molecular formula is C13H15N3O2S2. The molecule has 7 heteroatoms. The van der Waals surface area contributed by atoms with Crippen molar-refractivity contribution in [3.8, 4) is 11.3 Å². The third-order valence-electron chi connectivity index (χ3n) is 2.57. The molecule has 5 nitrogen and oxygen atoms in total. The lowest BCUT2D eigenvalue weighted by Gasteiger charge is -2.01. The predicted molar refractivity (Wildman–Crippen MR) is 83.0 cm³/mol. The molecule has 0 aliphatic rings. The van der Waals surface area contributed by atoms with Crippen LogP contribution in [-0.2, 0) is 16.6 Å². The standard InChI is InChI=1S/C13H15N3O2S2/c1-2-7-20(17,18)16-13-15-12(9-19-13)11-5-3-10(8-14)4-6-11/h2-6,9H,1,7-8,14H2,(H,15,16). The molecule has 0 fully saturated rings. The summed E-state index contributed by atoms with van der Waals surface area (Å²) in [6, 6.07) is 7.69. The van der Waals surface area contributed by atoms with Crippen LogP contribution in [0.25, 0.3) is 11.3 Å². The molecule has 1 aromatic heterocycles. The summed E-state index contributed by atoms with van der Waals surface area (Å²) in [5, 5.41) is 2.16. The van der Waals surface area contributed by atoms with Crippen molar-refractivity contribution in [2.45, 2.75) is 6.54 Å². The highest BCUT2D eigenvalue weighted by molar-refractivity contribution is 7.93. The van der Waals surface area contributed by atoms with Crippen molar-refractivity contribution >= 4 is 26.5 Å². The van der Waals surface area contributed by atoms with Crippen LogP contribution in [0.2, 0.25) is 0 Å². The molecule has 0 spiro atoms. The molecule has 1 heterocycles. The summed E-state index contributed by atoms with van der Waals surface area (Å²) in [6.45, 7) is 3.90. The second kappa shape index (κ2) is 6.17. The minimum absolute atomic E-state index is 0.132. The largest absolute Gasteiger partial charge is 0.326 e. The number of hydrogen-bond donors (Lipinski definition) is 2. The van der Waals surface area contributed by atoms with Crippen LogP contribution in [0.3, 0.4) is 0 Å². The lowest BCUT2D eigenvalue weighted by atomic mass is 10.1. The average Bonchev–Trinajstić information content (AvgIpc) is 2.86. The average molecular weight is 309 g/mol. The van der Waals surface area contributed by atoms with Crippen LogP contribution in [-0.4, -0.2) is 19.2 Å². The van der Waals surface area contributed by atoms with Crippen molar-refractivity contribution in [1.82, 2.24) is 4.98 Å². The molecule has 0 saturated carbocycles. The fourth-order valence-corrected chi connectivity index (χ4v) is 3.44. The molecule has 0 radical (unpaired) electrons. The Kier molecular flexibility index (Phi) is 4.53. The molecule has 3 N–H and O–H groups in total. The maximum atomic E-state index is 11.6. The number of nitrogens with one attached hydrogen (secondary N) is 1. The first-order chi connectivity index (χ1) is 9.54. The van der Waals surface area contributed by atoms with Gasteiger partial charge in [-0.05, 0) is 5.56 Å². The van der Waals surface area contributed by atoms with E-state index >= 15 is 0 Å². The number of thiazole rings is 1. The van der Waals surface area contributed by atoms with Gasteiger partial charge in [0.25, 0.3) is 0 Å². The highest BCUT2D eigenvalue weighted by atomic mass is 32.2. The van der Waals surface area contributed by atoms with E-state index in [1.54, 1.807) is 0 Å². The molecule has 0 unspecified atom stereocenters. The van der Waals surface area contributed by atoms with E-state index < -0.39 is 10.0 Å². The van der Waals surface area contributed by atoms with Gasteiger partial charge in [0.15, 0.2) is 5.13 Å². The first-order valence-corrected chi connectivity index (χ1v) is 8.43. The summed E-state index contributed by atoms with van der Waals surface area (Å²) >= 11 is 1.25. The normalized spacial score (nSPS) is 11.2. The van der Waals surface area contributed by atoms with Crippen LogP contribution in [0.1, 0.15) is 5.56 Å². The molecule has 2 aromatic rings. The van der Waals surface area contributed by atoms with E-state index in [0.29, 0.717) is 11.7 Å². The van der Waals surface area contributed by atoms with Crippen LogP contribution >= 0.6 is 11.3 Å². The van der Waals surface area contributed by atoms with Gasteiger partial charge < -0.3 is 5.73 Å². The van der Waals surface area contributed by atoms with E-state index in [9.17, 15) is 8.42 Å². The summed E-state index contributed by atoms with van der Waals surface area (Å²) in [7, 11) is -3.40. The zero-order valence-corrected chi connectivity index (χ0v) is 12.4. The smallest absolute Gasteiger partial charge is 0.238 e. The monoisotopic (exact) mass is 309 g/mol. The number of aromatic nitrogens is 1. The SMILES string of the molecule is C=CCS(=O)(=O)Nc1nc(-c2ccc(CN)cc2)cs1. The minimum Gasteiger partial charge on any atom is -0.326 e. The Hall–Kier alpha value is -1.70. The minimum atomic E-state index is -3.40. The molecule has 0 aliphatic carbocycles. The number of hydrogen-bond acceptors (Lipinski definition) is 5. The number of rotatable bonds is 6. The second-order valence-electron chi connectivity index (χ2n) is 4.11. The van der Waals surface area contributed by atoms with Crippen molar-refractivity contribution in [3.05, 3.63) is 47.9 Å².